The highest BCUT2D eigenvalue weighted by Gasteiger charge is 2.20. The first-order valence-corrected chi connectivity index (χ1v) is 7.28. The van der Waals surface area contributed by atoms with E-state index in [9.17, 15) is 5.11 Å². The van der Waals surface area contributed by atoms with Crippen molar-refractivity contribution in [1.82, 2.24) is 4.90 Å². The molecule has 0 saturated heterocycles. The molecule has 3 nitrogen and oxygen atoms in total. The molecule has 1 rings (SSSR count). The molecule has 1 aromatic rings. The van der Waals surface area contributed by atoms with Crippen LogP contribution in [-0.2, 0) is 0 Å². The summed E-state index contributed by atoms with van der Waals surface area (Å²) >= 11 is 5.08. The van der Waals surface area contributed by atoms with Gasteiger partial charge in [0, 0.05) is 19.0 Å². The standard InChI is InChI=1S/C15H24N2OS/c1-2-3-9-17(10-11-18)14(12-15(16)19)13-7-5-4-6-8-13/h4-8,14,18H,2-3,9-12H2,1H3,(H2,16,19). The molecular weight excluding hydrogens is 256 g/mol. The first-order valence-electron chi connectivity index (χ1n) is 6.87. The van der Waals surface area contributed by atoms with Crippen molar-refractivity contribution in [2.75, 3.05) is 19.7 Å². The van der Waals surface area contributed by atoms with Crippen LogP contribution in [0.1, 0.15) is 37.8 Å². The number of unbranched alkanes of at least 4 members (excludes halogenated alkanes) is 1. The molecule has 0 spiro atoms. The van der Waals surface area contributed by atoms with Gasteiger partial charge in [0.1, 0.15) is 0 Å². The minimum Gasteiger partial charge on any atom is -0.395 e. The summed E-state index contributed by atoms with van der Waals surface area (Å²) in [6.45, 7) is 3.94. The van der Waals surface area contributed by atoms with Gasteiger partial charge in [-0.2, -0.15) is 0 Å². The second-order valence-electron chi connectivity index (χ2n) is 4.71. The van der Waals surface area contributed by atoms with E-state index in [1.165, 1.54) is 5.56 Å². The van der Waals surface area contributed by atoms with Gasteiger partial charge in [-0.3, -0.25) is 4.90 Å². The normalized spacial score (nSPS) is 12.6. The number of nitrogens with zero attached hydrogens (tertiary/aromatic N) is 1. The quantitative estimate of drug-likeness (QED) is 0.682. The van der Waals surface area contributed by atoms with Crippen LogP contribution >= 0.6 is 12.2 Å². The highest BCUT2D eigenvalue weighted by atomic mass is 32.1. The lowest BCUT2D eigenvalue weighted by atomic mass is 10.0. The van der Waals surface area contributed by atoms with Gasteiger partial charge in [-0.05, 0) is 18.5 Å². The molecule has 0 radical (unpaired) electrons. The monoisotopic (exact) mass is 280 g/mol. The predicted octanol–water partition coefficient (Wildman–Crippen LogP) is 2.50. The molecule has 0 aliphatic carbocycles. The molecule has 0 saturated carbocycles. The largest absolute Gasteiger partial charge is 0.395 e. The van der Waals surface area contributed by atoms with E-state index in [0.717, 1.165) is 19.4 Å². The van der Waals surface area contributed by atoms with E-state index in [1.807, 2.05) is 18.2 Å². The summed E-state index contributed by atoms with van der Waals surface area (Å²) in [5.41, 5.74) is 6.94. The molecule has 0 bridgehead atoms. The van der Waals surface area contributed by atoms with E-state index < -0.39 is 0 Å². The molecule has 0 aromatic heterocycles. The van der Waals surface area contributed by atoms with Gasteiger partial charge in [-0.15, -0.1) is 0 Å². The van der Waals surface area contributed by atoms with Crippen LogP contribution < -0.4 is 5.73 Å². The minimum atomic E-state index is 0.157. The van der Waals surface area contributed by atoms with Gasteiger partial charge in [0.15, 0.2) is 0 Å². The highest BCUT2D eigenvalue weighted by molar-refractivity contribution is 7.80. The molecule has 0 aliphatic rings. The van der Waals surface area contributed by atoms with Gasteiger partial charge in [0.25, 0.3) is 0 Å². The second-order valence-corrected chi connectivity index (χ2v) is 5.23. The van der Waals surface area contributed by atoms with Crippen molar-refractivity contribution in [3.63, 3.8) is 0 Å². The van der Waals surface area contributed by atoms with Crippen molar-refractivity contribution >= 4 is 17.2 Å². The third-order valence-electron chi connectivity index (χ3n) is 3.21. The van der Waals surface area contributed by atoms with Crippen molar-refractivity contribution in [1.29, 1.82) is 0 Å². The lowest BCUT2D eigenvalue weighted by Crippen LogP contribution is -2.34. The molecule has 3 N–H and O–H groups in total. The fourth-order valence-corrected chi connectivity index (χ4v) is 2.39. The summed E-state index contributed by atoms with van der Waals surface area (Å²) in [7, 11) is 0. The fourth-order valence-electron chi connectivity index (χ4n) is 2.24. The van der Waals surface area contributed by atoms with Crippen molar-refractivity contribution < 1.29 is 5.11 Å². The molecule has 4 heteroatoms. The number of rotatable bonds is 9. The number of thiocarbonyl (C=S) groups is 1. The fraction of sp³-hybridized carbons (Fsp3) is 0.533. The summed E-state index contributed by atoms with van der Waals surface area (Å²) in [6.07, 6.45) is 2.90. The summed E-state index contributed by atoms with van der Waals surface area (Å²) in [4.78, 5) is 2.80. The van der Waals surface area contributed by atoms with Crippen LogP contribution in [0, 0.1) is 0 Å². The Bertz CT molecular complexity index is 370. The SMILES string of the molecule is CCCCN(CCO)C(CC(N)=S)c1ccccc1. The van der Waals surface area contributed by atoms with Crippen LogP contribution in [0.15, 0.2) is 30.3 Å². The third-order valence-corrected chi connectivity index (χ3v) is 3.37. The van der Waals surface area contributed by atoms with Crippen LogP contribution in [0.3, 0.4) is 0 Å². The molecule has 0 fully saturated rings. The van der Waals surface area contributed by atoms with Gasteiger partial charge in [-0.25, -0.2) is 0 Å². The van der Waals surface area contributed by atoms with Crippen LogP contribution in [0.5, 0.6) is 0 Å². The number of benzene rings is 1. The maximum absolute atomic E-state index is 9.26. The Hall–Kier alpha value is -0.970. The maximum Gasteiger partial charge on any atom is 0.0746 e. The molecule has 0 amide bonds. The zero-order valence-electron chi connectivity index (χ0n) is 11.6. The lowest BCUT2D eigenvalue weighted by molar-refractivity contribution is 0.151. The molecular formula is C15H24N2OS. The van der Waals surface area contributed by atoms with Crippen molar-refractivity contribution in [3.8, 4) is 0 Å². The second kappa shape index (κ2) is 9.02. The lowest BCUT2D eigenvalue weighted by Gasteiger charge is -2.31. The molecule has 1 unspecified atom stereocenters. The predicted molar refractivity (Wildman–Crippen MR) is 84.2 cm³/mol. The van der Waals surface area contributed by atoms with E-state index in [0.29, 0.717) is 18.0 Å². The zero-order chi connectivity index (χ0) is 14.1. The van der Waals surface area contributed by atoms with E-state index in [4.69, 9.17) is 18.0 Å². The van der Waals surface area contributed by atoms with Crippen LogP contribution in [0.4, 0.5) is 0 Å². The van der Waals surface area contributed by atoms with Gasteiger partial charge in [-0.1, -0.05) is 55.9 Å². The zero-order valence-corrected chi connectivity index (χ0v) is 12.4. The van der Waals surface area contributed by atoms with E-state index >= 15 is 0 Å². The smallest absolute Gasteiger partial charge is 0.0746 e. The number of nitrogens with two attached hydrogens (primary N) is 1. The molecule has 0 aliphatic heterocycles. The van der Waals surface area contributed by atoms with E-state index in [1.54, 1.807) is 0 Å². The Kier molecular flexibility index (Phi) is 7.63. The van der Waals surface area contributed by atoms with Gasteiger partial charge < -0.3 is 10.8 Å². The first-order chi connectivity index (χ1) is 9.19. The average molecular weight is 280 g/mol. The topological polar surface area (TPSA) is 49.5 Å². The Balaban J connectivity index is 2.88. The Morgan fingerprint density at radius 1 is 1.32 bits per heavy atom. The first kappa shape index (κ1) is 16.1. The third kappa shape index (κ3) is 5.68. The Labute approximate surface area is 121 Å². The van der Waals surface area contributed by atoms with Crippen molar-refractivity contribution in [2.45, 2.75) is 32.2 Å². The number of hydrogen-bond acceptors (Lipinski definition) is 3. The molecule has 1 atom stereocenters. The highest BCUT2D eigenvalue weighted by Crippen LogP contribution is 2.24. The van der Waals surface area contributed by atoms with Gasteiger partial charge in [0.2, 0.25) is 0 Å². The van der Waals surface area contributed by atoms with Crippen LogP contribution in [0.2, 0.25) is 0 Å². The summed E-state index contributed by atoms with van der Waals surface area (Å²) in [5, 5.41) is 9.26. The Morgan fingerprint density at radius 2 is 2.00 bits per heavy atom. The maximum atomic E-state index is 9.26. The number of aliphatic hydroxyl groups excluding tert-OH is 1. The van der Waals surface area contributed by atoms with Crippen molar-refractivity contribution in [3.05, 3.63) is 35.9 Å². The molecule has 19 heavy (non-hydrogen) atoms. The van der Waals surface area contributed by atoms with Crippen molar-refractivity contribution in [2.24, 2.45) is 5.73 Å². The van der Waals surface area contributed by atoms with Gasteiger partial charge >= 0.3 is 0 Å². The van der Waals surface area contributed by atoms with E-state index in [2.05, 4.69) is 24.0 Å². The van der Waals surface area contributed by atoms with Crippen LogP contribution in [-0.4, -0.2) is 34.7 Å². The van der Waals surface area contributed by atoms with Crippen LogP contribution in [0.25, 0.3) is 0 Å². The summed E-state index contributed by atoms with van der Waals surface area (Å²) < 4.78 is 0. The van der Waals surface area contributed by atoms with Gasteiger partial charge in [0.05, 0.1) is 11.6 Å². The average Bonchev–Trinajstić information content (AvgIpc) is 2.42. The summed E-state index contributed by atoms with van der Waals surface area (Å²) in [5.74, 6) is 0. The number of aliphatic hydroxyl groups is 1. The number of hydrogen-bond donors (Lipinski definition) is 2. The summed E-state index contributed by atoms with van der Waals surface area (Å²) in [6, 6.07) is 10.4. The molecule has 1 aromatic carbocycles. The Morgan fingerprint density at radius 3 is 2.53 bits per heavy atom. The molecule has 0 heterocycles. The van der Waals surface area contributed by atoms with E-state index in [-0.39, 0.29) is 12.6 Å². The molecule has 106 valence electrons. The minimum absolute atomic E-state index is 0.157.